The molecule has 2 aromatic rings. The number of ether oxygens (including phenoxy) is 1. The molecule has 1 amide bonds. The Morgan fingerprint density at radius 1 is 1.33 bits per heavy atom. The SMILES string of the molecule is CC[C@@]1(C)C(=O)OCC2C(=O)N3Cc4cc5cc(O)ccc5nc4C3=CC21. The van der Waals surface area contributed by atoms with Crippen LogP contribution >= 0.6 is 0 Å². The van der Waals surface area contributed by atoms with Crippen LogP contribution in [-0.4, -0.2) is 33.5 Å². The number of amides is 1. The van der Waals surface area contributed by atoms with E-state index < -0.39 is 5.41 Å². The van der Waals surface area contributed by atoms with Gasteiger partial charge in [0.25, 0.3) is 0 Å². The van der Waals surface area contributed by atoms with Gasteiger partial charge in [0, 0.05) is 16.9 Å². The number of phenols is 1. The molecule has 0 spiro atoms. The lowest BCUT2D eigenvalue weighted by Gasteiger charge is -2.45. The summed E-state index contributed by atoms with van der Waals surface area (Å²) in [5.74, 6) is -0.579. The first-order chi connectivity index (χ1) is 12.9. The first-order valence-electron chi connectivity index (χ1n) is 9.26. The summed E-state index contributed by atoms with van der Waals surface area (Å²) < 4.78 is 5.37. The number of benzene rings is 1. The molecule has 1 aromatic carbocycles. The van der Waals surface area contributed by atoms with Crippen molar-refractivity contribution in [3.05, 3.63) is 41.6 Å². The highest BCUT2D eigenvalue weighted by molar-refractivity contribution is 5.96. The predicted octanol–water partition coefficient (Wildman–Crippen LogP) is 2.84. The fourth-order valence-corrected chi connectivity index (χ4v) is 4.59. The van der Waals surface area contributed by atoms with Crippen LogP contribution in [0.2, 0.25) is 0 Å². The van der Waals surface area contributed by atoms with Crippen molar-refractivity contribution in [2.75, 3.05) is 6.61 Å². The van der Waals surface area contributed by atoms with Crippen molar-refractivity contribution in [3.8, 4) is 5.75 Å². The predicted molar refractivity (Wildman–Crippen MR) is 98.3 cm³/mol. The van der Waals surface area contributed by atoms with Gasteiger partial charge in [-0.25, -0.2) is 4.98 Å². The molecule has 6 nitrogen and oxygen atoms in total. The molecule has 1 saturated heterocycles. The molecule has 4 heterocycles. The average molecular weight is 364 g/mol. The van der Waals surface area contributed by atoms with E-state index in [9.17, 15) is 14.7 Å². The molecule has 0 bridgehead atoms. The van der Waals surface area contributed by atoms with E-state index in [4.69, 9.17) is 9.72 Å². The number of aromatic hydroxyl groups is 1. The number of hydrogen-bond donors (Lipinski definition) is 1. The number of allylic oxidation sites excluding steroid dienone is 1. The van der Waals surface area contributed by atoms with E-state index in [2.05, 4.69) is 6.08 Å². The third-order valence-corrected chi connectivity index (χ3v) is 6.42. The smallest absolute Gasteiger partial charge is 0.312 e. The molecule has 1 N–H and O–H groups in total. The summed E-state index contributed by atoms with van der Waals surface area (Å²) in [6, 6.07) is 7.04. The Morgan fingerprint density at radius 3 is 2.93 bits per heavy atom. The van der Waals surface area contributed by atoms with Gasteiger partial charge in [-0.15, -0.1) is 0 Å². The van der Waals surface area contributed by atoms with E-state index >= 15 is 0 Å². The van der Waals surface area contributed by atoms with Crippen molar-refractivity contribution in [3.63, 3.8) is 0 Å². The first kappa shape index (κ1) is 16.3. The van der Waals surface area contributed by atoms with Gasteiger partial charge in [-0.1, -0.05) is 13.0 Å². The van der Waals surface area contributed by atoms with Crippen molar-refractivity contribution in [2.24, 2.45) is 17.3 Å². The molecular formula is C21H20N2O4. The van der Waals surface area contributed by atoms with Gasteiger partial charge < -0.3 is 14.7 Å². The van der Waals surface area contributed by atoms with Gasteiger partial charge >= 0.3 is 5.97 Å². The fourth-order valence-electron chi connectivity index (χ4n) is 4.59. The lowest BCUT2D eigenvalue weighted by molar-refractivity contribution is -0.174. The minimum Gasteiger partial charge on any atom is -0.508 e. The monoisotopic (exact) mass is 364 g/mol. The summed E-state index contributed by atoms with van der Waals surface area (Å²) in [5, 5.41) is 10.6. The Labute approximate surface area is 156 Å². The molecule has 6 heteroatoms. The lowest BCUT2D eigenvalue weighted by atomic mass is 9.65. The second kappa shape index (κ2) is 5.31. The maximum Gasteiger partial charge on any atom is 0.312 e. The maximum atomic E-state index is 13.2. The van der Waals surface area contributed by atoms with Gasteiger partial charge in [0.15, 0.2) is 0 Å². The largest absolute Gasteiger partial charge is 0.508 e. The third-order valence-electron chi connectivity index (χ3n) is 6.42. The molecule has 3 atom stereocenters. The highest BCUT2D eigenvalue weighted by Crippen LogP contribution is 2.49. The molecule has 0 saturated carbocycles. The molecule has 0 radical (unpaired) electrons. The first-order valence-corrected chi connectivity index (χ1v) is 9.26. The summed E-state index contributed by atoms with van der Waals surface area (Å²) in [6.07, 6.45) is 2.67. The Bertz CT molecular complexity index is 1040. The second-order valence-electron chi connectivity index (χ2n) is 7.85. The van der Waals surface area contributed by atoms with Gasteiger partial charge in [0.2, 0.25) is 5.91 Å². The normalized spacial score (nSPS) is 29.1. The van der Waals surface area contributed by atoms with E-state index in [1.54, 1.807) is 23.1 Å². The number of nitrogens with zero attached hydrogens (tertiary/aromatic N) is 2. The number of esters is 1. The molecule has 0 aliphatic carbocycles. The number of pyridine rings is 1. The molecule has 5 rings (SSSR count). The summed E-state index contributed by atoms with van der Waals surface area (Å²) in [7, 11) is 0. The van der Waals surface area contributed by atoms with E-state index in [1.165, 1.54) is 0 Å². The molecule has 2 unspecified atom stereocenters. The van der Waals surface area contributed by atoms with Crippen LogP contribution in [0.15, 0.2) is 30.3 Å². The van der Waals surface area contributed by atoms with E-state index in [0.717, 1.165) is 27.9 Å². The van der Waals surface area contributed by atoms with Gasteiger partial charge in [-0.05, 0) is 37.6 Å². The van der Waals surface area contributed by atoms with E-state index in [-0.39, 0.29) is 36.1 Å². The molecule has 3 aliphatic heterocycles. The topological polar surface area (TPSA) is 79.7 Å². The minimum absolute atomic E-state index is 0.00502. The average Bonchev–Trinajstić information content (AvgIpc) is 3.01. The quantitative estimate of drug-likeness (QED) is 0.787. The van der Waals surface area contributed by atoms with Crippen LogP contribution in [0.3, 0.4) is 0 Å². The van der Waals surface area contributed by atoms with E-state index in [0.29, 0.717) is 13.0 Å². The van der Waals surface area contributed by atoms with Crippen LogP contribution in [0.1, 0.15) is 31.5 Å². The Morgan fingerprint density at radius 2 is 2.15 bits per heavy atom. The number of cyclic esters (lactones) is 1. The molecule has 27 heavy (non-hydrogen) atoms. The Hall–Kier alpha value is -2.89. The van der Waals surface area contributed by atoms with Crippen LogP contribution in [0.25, 0.3) is 16.6 Å². The van der Waals surface area contributed by atoms with Crippen molar-refractivity contribution >= 4 is 28.5 Å². The minimum atomic E-state index is -0.705. The summed E-state index contributed by atoms with van der Waals surface area (Å²) in [5.41, 5.74) is 2.60. The number of carbonyl (C=O) groups is 2. The molecule has 1 fully saturated rings. The van der Waals surface area contributed by atoms with Crippen LogP contribution < -0.4 is 0 Å². The van der Waals surface area contributed by atoms with Gasteiger partial charge in [-0.2, -0.15) is 0 Å². The van der Waals surface area contributed by atoms with Crippen LogP contribution in [0, 0.1) is 17.3 Å². The van der Waals surface area contributed by atoms with Crippen LogP contribution in [-0.2, 0) is 20.9 Å². The van der Waals surface area contributed by atoms with Crippen LogP contribution in [0.5, 0.6) is 5.75 Å². The maximum absolute atomic E-state index is 13.2. The summed E-state index contributed by atoms with van der Waals surface area (Å²) >= 11 is 0. The van der Waals surface area contributed by atoms with E-state index in [1.807, 2.05) is 19.9 Å². The van der Waals surface area contributed by atoms with Crippen molar-refractivity contribution in [2.45, 2.75) is 26.8 Å². The second-order valence-corrected chi connectivity index (χ2v) is 7.85. The van der Waals surface area contributed by atoms with Gasteiger partial charge in [-0.3, -0.25) is 9.59 Å². The summed E-state index contributed by atoms with van der Waals surface area (Å²) in [6.45, 7) is 4.44. The Kier molecular flexibility index (Phi) is 3.21. The zero-order chi connectivity index (χ0) is 18.9. The number of phenolic OH excluding ortho intramolecular Hbond substituents is 1. The third kappa shape index (κ3) is 2.10. The number of aromatic nitrogens is 1. The summed E-state index contributed by atoms with van der Waals surface area (Å²) in [4.78, 5) is 32.1. The van der Waals surface area contributed by atoms with Crippen molar-refractivity contribution < 1.29 is 19.4 Å². The highest BCUT2D eigenvalue weighted by atomic mass is 16.5. The van der Waals surface area contributed by atoms with Crippen molar-refractivity contribution in [1.82, 2.24) is 9.88 Å². The Balaban J connectivity index is 1.68. The van der Waals surface area contributed by atoms with Gasteiger partial charge in [0.05, 0.1) is 34.8 Å². The zero-order valence-corrected chi connectivity index (χ0v) is 15.2. The van der Waals surface area contributed by atoms with Crippen molar-refractivity contribution in [1.29, 1.82) is 0 Å². The standard InChI is InChI=1S/C21H20N2O4/c1-3-21(2)15-8-17-18-12(6-11-7-13(24)4-5-16(11)22-18)9-23(17)19(25)14(15)10-27-20(21)26/h4-8,14-15,24H,3,9-10H2,1-2H3/t14?,15?,21-/m1/s1. The molecule has 1 aromatic heterocycles. The zero-order valence-electron chi connectivity index (χ0n) is 15.2. The molecular weight excluding hydrogens is 344 g/mol. The van der Waals surface area contributed by atoms with Crippen LogP contribution in [0.4, 0.5) is 0 Å². The number of rotatable bonds is 1. The van der Waals surface area contributed by atoms with Gasteiger partial charge in [0.1, 0.15) is 12.4 Å². The molecule has 138 valence electrons. The number of carbonyl (C=O) groups excluding carboxylic acids is 2. The molecule has 3 aliphatic rings. The fraction of sp³-hybridized carbons (Fsp3) is 0.381. The lowest BCUT2D eigenvalue weighted by Crippen LogP contribution is -2.53. The number of hydrogen-bond acceptors (Lipinski definition) is 5. The number of fused-ring (bicyclic) bond motifs is 5. The highest BCUT2D eigenvalue weighted by Gasteiger charge is 2.54.